The van der Waals surface area contributed by atoms with Crippen LogP contribution in [-0.2, 0) is 6.42 Å². The van der Waals surface area contributed by atoms with Gasteiger partial charge in [-0.05, 0) is 30.9 Å². The third kappa shape index (κ3) is 3.17. The fourth-order valence-corrected chi connectivity index (χ4v) is 3.45. The second-order valence-corrected chi connectivity index (χ2v) is 6.19. The predicted molar refractivity (Wildman–Crippen MR) is 90.3 cm³/mol. The molecular weight excluding hydrogens is 316 g/mol. The Labute approximate surface area is 139 Å². The molecule has 0 radical (unpaired) electrons. The Hall–Kier alpha value is -2.08. The highest BCUT2D eigenvalue weighted by Gasteiger charge is 2.27. The van der Waals surface area contributed by atoms with Gasteiger partial charge in [-0.2, -0.15) is 0 Å². The standard InChI is InChI=1S/C16H19ClN4O2/c1-2-11-9-15(21(22)23)14(10-13(11)17)20-7-3-12(4-8-20)16-18-5-6-19-16/h5-6,9-10,12H,2-4,7-8H2,1H3,(H,18,19). The molecule has 1 aliphatic heterocycles. The molecule has 6 nitrogen and oxygen atoms in total. The molecule has 3 rings (SSSR count). The Balaban J connectivity index is 1.82. The van der Waals surface area contributed by atoms with Crippen molar-refractivity contribution < 1.29 is 4.92 Å². The van der Waals surface area contributed by atoms with Crippen LogP contribution in [0.25, 0.3) is 0 Å². The van der Waals surface area contributed by atoms with Crippen molar-refractivity contribution in [3.05, 3.63) is 51.1 Å². The van der Waals surface area contributed by atoms with Crippen molar-refractivity contribution >= 4 is 23.0 Å². The highest BCUT2D eigenvalue weighted by molar-refractivity contribution is 6.31. The van der Waals surface area contributed by atoms with Crippen molar-refractivity contribution in [2.24, 2.45) is 0 Å². The third-order valence-corrected chi connectivity index (χ3v) is 4.81. The Bertz CT molecular complexity index is 694. The molecule has 1 aromatic carbocycles. The minimum atomic E-state index is -0.316. The van der Waals surface area contributed by atoms with Gasteiger partial charge in [-0.3, -0.25) is 10.1 Å². The Morgan fingerprint density at radius 2 is 2.17 bits per heavy atom. The van der Waals surface area contributed by atoms with Crippen molar-refractivity contribution in [2.45, 2.75) is 32.1 Å². The number of imidazole rings is 1. The number of hydrogen-bond acceptors (Lipinski definition) is 4. The van der Waals surface area contributed by atoms with Crippen molar-refractivity contribution in [3.8, 4) is 0 Å². The van der Waals surface area contributed by atoms with Crippen LogP contribution in [0.1, 0.15) is 37.1 Å². The molecule has 7 heteroatoms. The fraction of sp³-hybridized carbons (Fsp3) is 0.438. The van der Waals surface area contributed by atoms with Crippen LogP contribution in [0.3, 0.4) is 0 Å². The maximum Gasteiger partial charge on any atom is 0.292 e. The van der Waals surface area contributed by atoms with Gasteiger partial charge in [0, 0.05) is 42.5 Å². The molecule has 0 amide bonds. The maximum absolute atomic E-state index is 11.4. The highest BCUT2D eigenvalue weighted by Crippen LogP contribution is 2.37. The van der Waals surface area contributed by atoms with Gasteiger partial charge in [-0.15, -0.1) is 0 Å². The summed E-state index contributed by atoms with van der Waals surface area (Å²) < 4.78 is 0. The van der Waals surface area contributed by atoms with Crippen molar-refractivity contribution in [1.82, 2.24) is 9.97 Å². The van der Waals surface area contributed by atoms with Gasteiger partial charge in [-0.1, -0.05) is 18.5 Å². The second-order valence-electron chi connectivity index (χ2n) is 5.78. The summed E-state index contributed by atoms with van der Waals surface area (Å²) >= 11 is 6.27. The average Bonchev–Trinajstić information content (AvgIpc) is 3.09. The van der Waals surface area contributed by atoms with E-state index in [0.29, 0.717) is 23.0 Å². The molecule has 0 saturated carbocycles. The van der Waals surface area contributed by atoms with Gasteiger partial charge >= 0.3 is 0 Å². The van der Waals surface area contributed by atoms with E-state index in [9.17, 15) is 10.1 Å². The molecule has 2 aromatic rings. The molecule has 0 bridgehead atoms. The Morgan fingerprint density at radius 1 is 1.43 bits per heavy atom. The average molecular weight is 335 g/mol. The van der Waals surface area contributed by atoms with E-state index in [-0.39, 0.29) is 10.6 Å². The van der Waals surface area contributed by atoms with Crippen LogP contribution >= 0.6 is 11.6 Å². The first-order valence-corrected chi connectivity index (χ1v) is 8.19. The number of aromatic nitrogens is 2. The van der Waals surface area contributed by atoms with E-state index in [0.717, 1.165) is 37.3 Å². The molecule has 0 spiro atoms. The molecule has 0 aliphatic carbocycles. The van der Waals surface area contributed by atoms with E-state index in [1.54, 1.807) is 18.3 Å². The first kappa shape index (κ1) is 15.8. The summed E-state index contributed by atoms with van der Waals surface area (Å²) in [5.74, 6) is 1.38. The summed E-state index contributed by atoms with van der Waals surface area (Å²) in [4.78, 5) is 20.6. The number of anilines is 1. The summed E-state index contributed by atoms with van der Waals surface area (Å²) in [6.45, 7) is 3.46. The number of nitrogens with zero attached hydrogens (tertiary/aromatic N) is 3. The van der Waals surface area contributed by atoms with Crippen molar-refractivity contribution in [1.29, 1.82) is 0 Å². The van der Waals surface area contributed by atoms with Gasteiger partial charge in [0.2, 0.25) is 0 Å². The monoisotopic (exact) mass is 334 g/mol. The van der Waals surface area contributed by atoms with Crippen molar-refractivity contribution in [2.75, 3.05) is 18.0 Å². The lowest BCUT2D eigenvalue weighted by molar-refractivity contribution is -0.384. The fourth-order valence-electron chi connectivity index (χ4n) is 3.16. The molecule has 1 N–H and O–H groups in total. The van der Waals surface area contributed by atoms with Crippen molar-refractivity contribution in [3.63, 3.8) is 0 Å². The SMILES string of the molecule is CCc1cc([N+](=O)[O-])c(N2CCC(c3ncc[nH]3)CC2)cc1Cl. The number of piperidine rings is 1. The molecular formula is C16H19ClN4O2. The van der Waals surface area contributed by atoms with E-state index in [4.69, 9.17) is 11.6 Å². The number of aryl methyl sites for hydroxylation is 1. The van der Waals surface area contributed by atoms with Gasteiger partial charge < -0.3 is 9.88 Å². The van der Waals surface area contributed by atoms with Gasteiger partial charge in [0.25, 0.3) is 5.69 Å². The van der Waals surface area contributed by atoms with Gasteiger partial charge in [-0.25, -0.2) is 4.98 Å². The van der Waals surface area contributed by atoms with E-state index in [1.807, 2.05) is 13.1 Å². The molecule has 122 valence electrons. The molecule has 0 atom stereocenters. The topological polar surface area (TPSA) is 75.1 Å². The number of H-pyrrole nitrogens is 1. The largest absolute Gasteiger partial charge is 0.366 e. The van der Waals surface area contributed by atoms with Crippen LogP contribution in [0.4, 0.5) is 11.4 Å². The lowest BCUT2D eigenvalue weighted by Gasteiger charge is -2.32. The smallest absolute Gasteiger partial charge is 0.292 e. The highest BCUT2D eigenvalue weighted by atomic mass is 35.5. The number of aromatic amines is 1. The first-order chi connectivity index (χ1) is 11.1. The summed E-state index contributed by atoms with van der Waals surface area (Å²) in [6, 6.07) is 3.35. The number of nitro groups is 1. The number of hydrogen-bond donors (Lipinski definition) is 1. The van der Waals surface area contributed by atoms with E-state index in [1.165, 1.54) is 0 Å². The number of nitro benzene ring substituents is 1. The summed E-state index contributed by atoms with van der Waals surface area (Å²) in [5.41, 5.74) is 1.57. The maximum atomic E-state index is 11.4. The van der Waals surface area contributed by atoms with E-state index in [2.05, 4.69) is 14.9 Å². The lowest BCUT2D eigenvalue weighted by Crippen LogP contribution is -2.33. The third-order valence-electron chi connectivity index (χ3n) is 4.46. The summed E-state index contributed by atoms with van der Waals surface area (Å²) in [7, 11) is 0. The van der Waals surface area contributed by atoms with Crippen LogP contribution in [0, 0.1) is 10.1 Å². The number of rotatable bonds is 4. The zero-order chi connectivity index (χ0) is 16.4. The van der Waals surface area contributed by atoms with E-state index < -0.39 is 0 Å². The second kappa shape index (κ2) is 6.58. The lowest BCUT2D eigenvalue weighted by atomic mass is 9.95. The molecule has 1 aliphatic rings. The first-order valence-electron chi connectivity index (χ1n) is 7.81. The number of halogens is 1. The quantitative estimate of drug-likeness (QED) is 0.679. The zero-order valence-corrected chi connectivity index (χ0v) is 13.7. The normalized spacial score (nSPS) is 15.8. The van der Waals surface area contributed by atoms with Gasteiger partial charge in [0.1, 0.15) is 11.5 Å². The van der Waals surface area contributed by atoms with Gasteiger partial charge in [0.15, 0.2) is 0 Å². The molecule has 0 unspecified atom stereocenters. The van der Waals surface area contributed by atoms with Crippen LogP contribution < -0.4 is 4.90 Å². The van der Waals surface area contributed by atoms with E-state index >= 15 is 0 Å². The Morgan fingerprint density at radius 3 is 2.74 bits per heavy atom. The summed E-state index contributed by atoms with van der Waals surface area (Å²) in [6.07, 6.45) is 6.10. The molecule has 1 aromatic heterocycles. The predicted octanol–water partition coefficient (Wildman–Crippen LogP) is 3.92. The molecule has 23 heavy (non-hydrogen) atoms. The number of benzene rings is 1. The zero-order valence-electron chi connectivity index (χ0n) is 13.0. The van der Waals surface area contributed by atoms with Crippen LogP contribution in [-0.4, -0.2) is 28.0 Å². The molecule has 2 heterocycles. The number of nitrogens with one attached hydrogen (secondary N) is 1. The summed E-state index contributed by atoms with van der Waals surface area (Å²) in [5, 5.41) is 12.0. The molecule has 1 saturated heterocycles. The minimum Gasteiger partial charge on any atom is -0.366 e. The van der Waals surface area contributed by atoms with Crippen LogP contribution in [0.5, 0.6) is 0 Å². The Kier molecular flexibility index (Phi) is 4.52. The minimum absolute atomic E-state index is 0.141. The molecule has 1 fully saturated rings. The van der Waals surface area contributed by atoms with Crippen LogP contribution in [0.2, 0.25) is 5.02 Å². The van der Waals surface area contributed by atoms with Gasteiger partial charge in [0.05, 0.1) is 4.92 Å². The van der Waals surface area contributed by atoms with Crippen LogP contribution in [0.15, 0.2) is 24.5 Å².